The van der Waals surface area contributed by atoms with Crippen LogP contribution in [0.15, 0.2) is 39.0 Å². The minimum atomic E-state index is -1.21. The van der Waals surface area contributed by atoms with Gasteiger partial charge in [0.2, 0.25) is 11.7 Å². The maximum atomic E-state index is 13.0. The number of anilines is 1. The first-order chi connectivity index (χ1) is 17.3. The van der Waals surface area contributed by atoms with Crippen LogP contribution in [0.5, 0.6) is 0 Å². The number of oxime groups is 1. The summed E-state index contributed by atoms with van der Waals surface area (Å²) in [5.41, 5.74) is 11.5. The fraction of sp³-hybridized carbons (Fsp3) is 0.381. The van der Waals surface area contributed by atoms with Gasteiger partial charge in [-0.3, -0.25) is 14.6 Å². The van der Waals surface area contributed by atoms with Crippen molar-refractivity contribution in [1.82, 2.24) is 19.2 Å². The van der Waals surface area contributed by atoms with Crippen LogP contribution in [0, 0.1) is 5.92 Å². The Kier molecular flexibility index (Phi) is 8.23. The third kappa shape index (κ3) is 5.23. The van der Waals surface area contributed by atoms with Crippen LogP contribution in [0.1, 0.15) is 30.8 Å². The van der Waals surface area contributed by atoms with Gasteiger partial charge in [-0.1, -0.05) is 16.9 Å². The summed E-state index contributed by atoms with van der Waals surface area (Å²) in [6, 6.07) is 3.22. The number of carbonyl (C=O) groups excluding carboxylic acids is 2. The van der Waals surface area contributed by atoms with Crippen molar-refractivity contribution in [2.45, 2.75) is 36.0 Å². The zero-order valence-electron chi connectivity index (χ0n) is 18.9. The number of nitrogens with zero attached hydrogens (tertiary/aromatic N) is 5. The number of carboxylic acids is 1. The molecular weight excluding hydrogens is 526 g/mol. The molecule has 0 radical (unpaired) electrons. The number of allylic oxidation sites excluding steroid dienone is 1. The lowest BCUT2D eigenvalue weighted by molar-refractivity contribution is -0.159. The van der Waals surface area contributed by atoms with Crippen LogP contribution in [0.2, 0.25) is 0 Å². The molecule has 1 fully saturated rings. The number of rotatable bonds is 11. The number of pyridine rings is 1. The van der Waals surface area contributed by atoms with Gasteiger partial charge in [0.15, 0.2) is 16.6 Å². The molecule has 2 aliphatic rings. The van der Waals surface area contributed by atoms with Crippen LogP contribution < -0.4 is 11.5 Å². The summed E-state index contributed by atoms with van der Waals surface area (Å²) < 4.78 is 3.87. The topological polar surface area (TPSA) is 198 Å². The highest BCUT2D eigenvalue weighted by Gasteiger charge is 2.53. The summed E-state index contributed by atoms with van der Waals surface area (Å²) in [4.78, 5) is 48.9. The molecular formula is C21H23N7O5S3. The number of hydrogen-bond donors (Lipinski definition) is 4. The molecule has 6 N–H and O–H groups in total. The van der Waals surface area contributed by atoms with Gasteiger partial charge in [-0.2, -0.15) is 21.1 Å². The fourth-order valence-corrected chi connectivity index (χ4v) is 6.57. The number of Topliss-reactive ketones (excluding diaryl/α,β-unsaturated/α-hetero) is 1. The van der Waals surface area contributed by atoms with E-state index in [-0.39, 0.29) is 28.8 Å². The van der Waals surface area contributed by atoms with Gasteiger partial charge >= 0.3 is 5.97 Å². The van der Waals surface area contributed by atoms with E-state index >= 15 is 0 Å². The minimum Gasteiger partial charge on any atom is -0.477 e. The molecule has 1 amide bonds. The van der Waals surface area contributed by atoms with Gasteiger partial charge < -0.3 is 26.7 Å². The van der Waals surface area contributed by atoms with Crippen LogP contribution in [-0.4, -0.2) is 71.3 Å². The number of hydrogen-bond acceptors (Lipinski definition) is 13. The lowest BCUT2D eigenvalue weighted by atomic mass is 9.77. The van der Waals surface area contributed by atoms with Crippen LogP contribution >= 0.6 is 35.1 Å². The second-order valence-electron chi connectivity index (χ2n) is 7.92. The van der Waals surface area contributed by atoms with Gasteiger partial charge in [-0.05, 0) is 25.0 Å². The molecule has 2 atom stereocenters. The highest BCUT2D eigenvalue weighted by molar-refractivity contribution is 8.03. The molecule has 0 saturated carbocycles. The molecule has 2 aliphatic heterocycles. The number of aliphatic carboxylic acids is 1. The summed E-state index contributed by atoms with van der Waals surface area (Å²) in [6.45, 7) is 0.552. The Hall–Kier alpha value is -3.01. The number of carboxylic acid groups (broad SMARTS) is 1. The minimum absolute atomic E-state index is 0.0700. The van der Waals surface area contributed by atoms with Gasteiger partial charge in [0.05, 0.1) is 11.6 Å². The van der Waals surface area contributed by atoms with E-state index in [9.17, 15) is 24.7 Å². The van der Waals surface area contributed by atoms with E-state index in [1.807, 2.05) is 6.07 Å². The molecule has 0 bridgehead atoms. The summed E-state index contributed by atoms with van der Waals surface area (Å²) in [5.74, 6) is -1.71. The Morgan fingerprint density at radius 1 is 1.36 bits per heavy atom. The molecule has 190 valence electrons. The van der Waals surface area contributed by atoms with E-state index < -0.39 is 29.6 Å². The van der Waals surface area contributed by atoms with Crippen molar-refractivity contribution < 1.29 is 24.7 Å². The van der Waals surface area contributed by atoms with E-state index in [1.54, 1.807) is 24.0 Å². The number of aromatic nitrogens is 3. The average Bonchev–Trinajstić information content (AvgIpc) is 3.29. The van der Waals surface area contributed by atoms with Crippen molar-refractivity contribution in [2.24, 2.45) is 16.8 Å². The highest BCUT2D eigenvalue weighted by atomic mass is 32.2. The first-order valence-electron chi connectivity index (χ1n) is 10.9. The SMILES string of the molecule is NCCSCc1ncccc1SC1=C(C(=O)O)N2C(=O)[C@@H](CC(=O)/C(=N\O)c3nsc(N)n3)[C@H]2CC1. The van der Waals surface area contributed by atoms with Gasteiger partial charge in [0, 0.05) is 58.0 Å². The average molecular weight is 550 g/mol. The quantitative estimate of drug-likeness (QED) is 0.104. The van der Waals surface area contributed by atoms with E-state index in [2.05, 4.69) is 19.5 Å². The molecule has 36 heavy (non-hydrogen) atoms. The van der Waals surface area contributed by atoms with Gasteiger partial charge in [0.1, 0.15) is 5.70 Å². The first-order valence-corrected chi connectivity index (χ1v) is 13.6. The Bertz CT molecular complexity index is 1250. The Morgan fingerprint density at radius 2 is 2.17 bits per heavy atom. The van der Waals surface area contributed by atoms with Crippen molar-refractivity contribution in [3.63, 3.8) is 0 Å². The lowest BCUT2D eigenvalue weighted by Gasteiger charge is -2.50. The number of thioether (sulfide) groups is 2. The number of ketones is 1. The van der Waals surface area contributed by atoms with Crippen LogP contribution in [0.4, 0.5) is 5.13 Å². The molecule has 4 heterocycles. The molecule has 0 spiro atoms. The maximum Gasteiger partial charge on any atom is 0.353 e. The molecule has 2 aromatic heterocycles. The van der Waals surface area contributed by atoms with E-state index in [1.165, 1.54) is 16.7 Å². The normalized spacial score (nSPS) is 19.8. The summed E-state index contributed by atoms with van der Waals surface area (Å²) in [5, 5.41) is 22.4. The molecule has 2 aromatic rings. The summed E-state index contributed by atoms with van der Waals surface area (Å²) >= 11 is 3.79. The number of amides is 1. The van der Waals surface area contributed by atoms with Crippen LogP contribution in [0.3, 0.4) is 0 Å². The van der Waals surface area contributed by atoms with Crippen molar-refractivity contribution in [3.8, 4) is 0 Å². The van der Waals surface area contributed by atoms with Crippen molar-refractivity contribution in [3.05, 3.63) is 40.5 Å². The first kappa shape index (κ1) is 26.1. The van der Waals surface area contributed by atoms with E-state index in [0.29, 0.717) is 30.0 Å². The molecule has 0 aliphatic carbocycles. The Morgan fingerprint density at radius 3 is 2.83 bits per heavy atom. The third-order valence-electron chi connectivity index (χ3n) is 5.73. The maximum absolute atomic E-state index is 13.0. The predicted molar refractivity (Wildman–Crippen MR) is 136 cm³/mol. The molecule has 0 aromatic carbocycles. The van der Waals surface area contributed by atoms with Gasteiger partial charge in [-0.15, -0.1) is 0 Å². The van der Waals surface area contributed by atoms with Crippen molar-refractivity contribution in [2.75, 3.05) is 18.0 Å². The molecule has 12 nitrogen and oxygen atoms in total. The van der Waals surface area contributed by atoms with E-state index in [0.717, 1.165) is 27.9 Å². The lowest BCUT2D eigenvalue weighted by Crippen LogP contribution is -2.63. The molecule has 1 saturated heterocycles. The number of nitrogens with two attached hydrogens (primary N) is 2. The number of nitrogen functional groups attached to an aromatic ring is 1. The Balaban J connectivity index is 1.51. The molecule has 4 rings (SSSR count). The predicted octanol–water partition coefficient (Wildman–Crippen LogP) is 1.55. The Labute approximate surface area is 218 Å². The second-order valence-corrected chi connectivity index (χ2v) is 10.9. The van der Waals surface area contributed by atoms with Gasteiger partial charge in [0.25, 0.3) is 0 Å². The smallest absolute Gasteiger partial charge is 0.353 e. The molecule has 15 heteroatoms. The summed E-state index contributed by atoms with van der Waals surface area (Å²) in [7, 11) is 0. The van der Waals surface area contributed by atoms with Gasteiger partial charge in [-0.25, -0.2) is 4.79 Å². The molecule has 0 unspecified atom stereocenters. The number of fused-ring (bicyclic) bond motifs is 1. The fourth-order valence-electron chi connectivity index (χ4n) is 4.15. The number of carbonyl (C=O) groups is 3. The largest absolute Gasteiger partial charge is 0.477 e. The van der Waals surface area contributed by atoms with E-state index in [4.69, 9.17) is 11.5 Å². The zero-order chi connectivity index (χ0) is 25.8. The van der Waals surface area contributed by atoms with Crippen LogP contribution in [0.25, 0.3) is 0 Å². The van der Waals surface area contributed by atoms with Crippen LogP contribution in [-0.2, 0) is 20.1 Å². The van der Waals surface area contributed by atoms with Crippen molar-refractivity contribution >= 4 is 63.6 Å². The number of β-lactam (4-membered cyclic amide) rings is 1. The zero-order valence-corrected chi connectivity index (χ0v) is 21.3. The third-order valence-corrected chi connectivity index (χ3v) is 8.51. The second kappa shape index (κ2) is 11.4. The standard InChI is InChI=1S/C21H23N7O5S3/c22-5-7-34-9-11-14(2-1-6-24-11)35-15-4-3-12-10(19(30)28(12)17(15)20(31)32)8-13(29)16(26-33)18-25-21(23)36-27-18/h1-2,6,10,12,33H,3-5,7-9,22H2,(H,31,32)(H2,23,25,27)/b26-16+/t10-,12+/m0/s1. The summed E-state index contributed by atoms with van der Waals surface area (Å²) in [6.07, 6.45) is 2.36. The van der Waals surface area contributed by atoms with Crippen molar-refractivity contribution in [1.29, 1.82) is 0 Å². The highest BCUT2D eigenvalue weighted by Crippen LogP contribution is 2.46. The monoisotopic (exact) mass is 549 g/mol.